The van der Waals surface area contributed by atoms with Gasteiger partial charge >= 0.3 is 0 Å². The van der Waals surface area contributed by atoms with Gasteiger partial charge in [-0.05, 0) is 24.5 Å². The molecule has 0 aliphatic carbocycles. The van der Waals surface area contributed by atoms with Gasteiger partial charge in [-0.2, -0.15) is 0 Å². The zero-order chi connectivity index (χ0) is 20.5. The highest BCUT2D eigenvalue weighted by Gasteiger charge is 2.34. The molecule has 6 heteroatoms. The maximum absolute atomic E-state index is 12.6. The topological polar surface area (TPSA) is 79.8 Å². The summed E-state index contributed by atoms with van der Waals surface area (Å²) in [6.07, 6.45) is 7.26. The van der Waals surface area contributed by atoms with Crippen LogP contribution >= 0.6 is 0 Å². The highest BCUT2D eigenvalue weighted by molar-refractivity contribution is 6.49. The number of carbonyl (C=O) groups is 2. The smallest absolute Gasteiger partial charge is 0.261 e. The van der Waals surface area contributed by atoms with Gasteiger partial charge < -0.3 is 9.55 Å². The van der Waals surface area contributed by atoms with E-state index >= 15 is 0 Å². The number of imide groups is 1. The van der Waals surface area contributed by atoms with Crippen LogP contribution in [0.5, 0.6) is 0 Å². The highest BCUT2D eigenvalue weighted by atomic mass is 16.2. The molecule has 5 rings (SSSR count). The van der Waals surface area contributed by atoms with Crippen molar-refractivity contribution >= 4 is 33.9 Å². The molecule has 1 aliphatic rings. The lowest BCUT2D eigenvalue weighted by molar-refractivity contribution is -0.122. The van der Waals surface area contributed by atoms with Gasteiger partial charge in [0, 0.05) is 35.4 Å². The van der Waals surface area contributed by atoms with Crippen LogP contribution in [0.25, 0.3) is 22.0 Å². The molecule has 2 N–H and O–H groups in total. The van der Waals surface area contributed by atoms with Crippen molar-refractivity contribution in [3.05, 3.63) is 90.1 Å². The SMILES string of the molecule is O=C1NC(=O)C(c2c[nH]c3ccccc23)=C1c1cn(CCCc2ccccc2)cn1. The van der Waals surface area contributed by atoms with Crippen molar-refractivity contribution in [1.82, 2.24) is 19.9 Å². The number of amides is 2. The third kappa shape index (κ3) is 3.22. The zero-order valence-corrected chi connectivity index (χ0v) is 16.3. The van der Waals surface area contributed by atoms with Gasteiger partial charge in [0.05, 0.1) is 23.2 Å². The second-order valence-corrected chi connectivity index (χ2v) is 7.37. The standard InChI is InChI=1S/C24H20N4O2/c29-23-21(18-13-25-19-11-5-4-10-17(18)19)22(24(30)27-23)20-14-28(15-26-20)12-6-9-16-7-2-1-3-8-16/h1-5,7-8,10-11,13-15,25H,6,9,12H2,(H,27,29,30). The maximum atomic E-state index is 12.6. The van der Waals surface area contributed by atoms with Crippen LogP contribution in [0.1, 0.15) is 23.2 Å². The minimum atomic E-state index is -0.408. The van der Waals surface area contributed by atoms with E-state index in [2.05, 4.69) is 27.4 Å². The van der Waals surface area contributed by atoms with Crippen LogP contribution in [-0.4, -0.2) is 26.3 Å². The Kier molecular flexibility index (Phi) is 4.52. The van der Waals surface area contributed by atoms with Crippen LogP contribution < -0.4 is 5.32 Å². The number of para-hydroxylation sites is 1. The predicted octanol–water partition coefficient (Wildman–Crippen LogP) is 3.56. The third-order valence-corrected chi connectivity index (χ3v) is 5.40. The van der Waals surface area contributed by atoms with E-state index in [0.29, 0.717) is 22.4 Å². The average molecular weight is 396 g/mol. The lowest BCUT2D eigenvalue weighted by atomic mass is 9.99. The molecule has 0 saturated carbocycles. The zero-order valence-electron chi connectivity index (χ0n) is 16.3. The summed E-state index contributed by atoms with van der Waals surface area (Å²) in [5.41, 5.74) is 4.13. The van der Waals surface area contributed by atoms with Crippen molar-refractivity contribution in [2.24, 2.45) is 0 Å². The Balaban J connectivity index is 1.44. The normalized spacial score (nSPS) is 14.0. The van der Waals surface area contributed by atoms with E-state index < -0.39 is 11.8 Å². The number of carbonyl (C=O) groups excluding carboxylic acids is 2. The van der Waals surface area contributed by atoms with E-state index in [1.54, 1.807) is 12.5 Å². The number of rotatable bonds is 6. The fraction of sp³-hybridized carbons (Fsp3) is 0.125. The summed E-state index contributed by atoms with van der Waals surface area (Å²) >= 11 is 0. The largest absolute Gasteiger partial charge is 0.361 e. The van der Waals surface area contributed by atoms with Crippen molar-refractivity contribution in [1.29, 1.82) is 0 Å². The van der Waals surface area contributed by atoms with Crippen LogP contribution in [0.15, 0.2) is 73.3 Å². The van der Waals surface area contributed by atoms with Crippen molar-refractivity contribution in [2.45, 2.75) is 19.4 Å². The molecular weight excluding hydrogens is 376 g/mol. The molecule has 30 heavy (non-hydrogen) atoms. The first-order valence-electron chi connectivity index (χ1n) is 9.93. The first kappa shape index (κ1) is 18.1. The number of aryl methyl sites for hydroxylation is 2. The second-order valence-electron chi connectivity index (χ2n) is 7.37. The van der Waals surface area contributed by atoms with Crippen LogP contribution in [0, 0.1) is 0 Å². The molecule has 1 aliphatic heterocycles. The summed E-state index contributed by atoms with van der Waals surface area (Å²) in [7, 11) is 0. The van der Waals surface area contributed by atoms with Gasteiger partial charge in [-0.15, -0.1) is 0 Å². The molecule has 0 radical (unpaired) electrons. The lowest BCUT2D eigenvalue weighted by Crippen LogP contribution is -2.22. The molecule has 0 unspecified atom stereocenters. The molecule has 6 nitrogen and oxygen atoms in total. The molecule has 2 aromatic heterocycles. The van der Waals surface area contributed by atoms with Crippen LogP contribution in [-0.2, 0) is 22.6 Å². The molecule has 0 atom stereocenters. The minimum Gasteiger partial charge on any atom is -0.361 e. The van der Waals surface area contributed by atoms with Gasteiger partial charge in [0.2, 0.25) is 0 Å². The van der Waals surface area contributed by atoms with E-state index in [1.165, 1.54) is 5.56 Å². The highest BCUT2D eigenvalue weighted by Crippen LogP contribution is 2.34. The number of nitrogens with one attached hydrogen (secondary N) is 2. The number of benzene rings is 2. The fourth-order valence-electron chi connectivity index (χ4n) is 3.96. The number of H-pyrrole nitrogens is 1. The fourth-order valence-corrected chi connectivity index (χ4v) is 3.96. The molecule has 2 aromatic carbocycles. The molecule has 3 heterocycles. The summed E-state index contributed by atoms with van der Waals surface area (Å²) in [6.45, 7) is 0.785. The molecule has 2 amide bonds. The molecule has 0 bridgehead atoms. The van der Waals surface area contributed by atoms with Gasteiger partial charge in [0.15, 0.2) is 0 Å². The van der Waals surface area contributed by atoms with Crippen LogP contribution in [0.4, 0.5) is 0 Å². The van der Waals surface area contributed by atoms with Crippen molar-refractivity contribution in [2.75, 3.05) is 0 Å². The lowest BCUT2D eigenvalue weighted by Gasteiger charge is -2.03. The molecular formula is C24H20N4O2. The average Bonchev–Trinajstić information content (AvgIpc) is 3.46. The number of imidazole rings is 1. The second kappa shape index (κ2) is 7.48. The van der Waals surface area contributed by atoms with E-state index in [4.69, 9.17) is 0 Å². The number of hydrogen-bond donors (Lipinski definition) is 2. The van der Waals surface area contributed by atoms with Crippen molar-refractivity contribution in [3.63, 3.8) is 0 Å². The number of aromatic amines is 1. The van der Waals surface area contributed by atoms with E-state index in [1.807, 2.05) is 53.2 Å². The predicted molar refractivity (Wildman–Crippen MR) is 115 cm³/mol. The van der Waals surface area contributed by atoms with Crippen molar-refractivity contribution < 1.29 is 9.59 Å². The summed E-state index contributed by atoms with van der Waals surface area (Å²) < 4.78 is 1.97. The summed E-state index contributed by atoms with van der Waals surface area (Å²) in [4.78, 5) is 32.8. The van der Waals surface area contributed by atoms with E-state index in [-0.39, 0.29) is 0 Å². The van der Waals surface area contributed by atoms with Gasteiger partial charge in [-0.3, -0.25) is 14.9 Å². The van der Waals surface area contributed by atoms with Gasteiger partial charge in [0.1, 0.15) is 0 Å². The van der Waals surface area contributed by atoms with Crippen LogP contribution in [0.2, 0.25) is 0 Å². The van der Waals surface area contributed by atoms with Gasteiger partial charge in [-0.1, -0.05) is 48.5 Å². The first-order valence-corrected chi connectivity index (χ1v) is 9.93. The Morgan fingerprint density at radius 1 is 0.900 bits per heavy atom. The summed E-state index contributed by atoms with van der Waals surface area (Å²) in [6, 6.07) is 18.0. The molecule has 4 aromatic rings. The van der Waals surface area contributed by atoms with Gasteiger partial charge in [0.25, 0.3) is 11.8 Å². The Morgan fingerprint density at radius 2 is 1.67 bits per heavy atom. The summed E-state index contributed by atoms with van der Waals surface area (Å²) in [5, 5.41) is 3.33. The number of hydrogen-bond acceptors (Lipinski definition) is 3. The Hall–Kier alpha value is -3.93. The summed E-state index contributed by atoms with van der Waals surface area (Å²) in [5.74, 6) is -0.798. The van der Waals surface area contributed by atoms with E-state index in [9.17, 15) is 9.59 Å². The number of nitrogens with zero attached hydrogens (tertiary/aromatic N) is 2. The Labute approximate surface area is 173 Å². The maximum Gasteiger partial charge on any atom is 0.261 e. The molecule has 0 fully saturated rings. The molecule has 0 saturated heterocycles. The molecule has 148 valence electrons. The number of fused-ring (bicyclic) bond motifs is 1. The number of aromatic nitrogens is 3. The Bertz CT molecular complexity index is 1280. The minimum absolute atomic E-state index is 0.326. The quantitative estimate of drug-likeness (QED) is 0.489. The Morgan fingerprint density at radius 3 is 2.53 bits per heavy atom. The monoisotopic (exact) mass is 396 g/mol. The molecule has 0 spiro atoms. The van der Waals surface area contributed by atoms with Crippen LogP contribution in [0.3, 0.4) is 0 Å². The van der Waals surface area contributed by atoms with Gasteiger partial charge in [-0.25, -0.2) is 4.98 Å². The third-order valence-electron chi connectivity index (χ3n) is 5.40. The van der Waals surface area contributed by atoms with Crippen molar-refractivity contribution in [3.8, 4) is 0 Å². The van der Waals surface area contributed by atoms with E-state index in [0.717, 1.165) is 30.3 Å². The first-order chi connectivity index (χ1) is 14.7.